The topological polar surface area (TPSA) is 125 Å². The number of alkyl halides is 3. The van der Waals surface area contributed by atoms with Crippen LogP contribution >= 0.6 is 11.6 Å². The molecule has 1 saturated heterocycles. The van der Waals surface area contributed by atoms with E-state index in [1.54, 1.807) is 17.7 Å². The number of para-hydroxylation sites is 1. The second kappa shape index (κ2) is 14.0. The second-order valence-corrected chi connectivity index (χ2v) is 13.3. The van der Waals surface area contributed by atoms with Gasteiger partial charge in [0.15, 0.2) is 0 Å². The third kappa shape index (κ3) is 8.14. The summed E-state index contributed by atoms with van der Waals surface area (Å²) in [6.45, 7) is 6.01. The van der Waals surface area contributed by atoms with Crippen LogP contribution < -0.4 is 4.90 Å². The first-order valence-corrected chi connectivity index (χ1v) is 16.7. The highest BCUT2D eigenvalue weighted by Gasteiger charge is 2.31. The van der Waals surface area contributed by atoms with Crippen LogP contribution in [0.2, 0.25) is 5.02 Å². The van der Waals surface area contributed by atoms with E-state index in [0.29, 0.717) is 65.8 Å². The molecule has 1 unspecified atom stereocenters. The Morgan fingerprint density at radius 2 is 1.73 bits per heavy atom. The highest BCUT2D eigenvalue weighted by atomic mass is 35.5. The monoisotopic (exact) mass is 672 g/mol. The molecule has 0 aliphatic carbocycles. The summed E-state index contributed by atoms with van der Waals surface area (Å²) in [6, 6.07) is 9.11. The molecular weight excluding hydrogens is 637 g/mol. The van der Waals surface area contributed by atoms with E-state index >= 15 is 0 Å². The number of halogens is 4. The van der Waals surface area contributed by atoms with E-state index in [0.717, 1.165) is 18.4 Å². The van der Waals surface area contributed by atoms with Crippen molar-refractivity contribution in [3.05, 3.63) is 74.4 Å². The number of nitro groups is 1. The quantitative estimate of drug-likeness (QED) is 0.218. The molecule has 1 aliphatic heterocycles. The van der Waals surface area contributed by atoms with Crippen LogP contribution in [0.15, 0.2) is 42.5 Å². The van der Waals surface area contributed by atoms with Crippen LogP contribution in [0.4, 0.5) is 24.5 Å². The second-order valence-electron chi connectivity index (χ2n) is 10.9. The van der Waals surface area contributed by atoms with Crippen LogP contribution in [-0.2, 0) is 35.7 Å². The fourth-order valence-electron chi connectivity index (χ4n) is 5.61. The number of nitro benzene ring substituents is 1. The first-order chi connectivity index (χ1) is 21.1. The van der Waals surface area contributed by atoms with Gasteiger partial charge < -0.3 is 10.0 Å². The van der Waals surface area contributed by atoms with Crippen molar-refractivity contribution >= 4 is 33.0 Å². The average molecular weight is 673 g/mol. The zero-order valence-corrected chi connectivity index (χ0v) is 26.7. The third-order valence-corrected chi connectivity index (χ3v) is 9.48. The first-order valence-electron chi connectivity index (χ1n) is 14.4. The van der Waals surface area contributed by atoms with Gasteiger partial charge in [-0.05, 0) is 24.6 Å². The molecule has 1 fully saturated rings. The standard InChI is InChI=1S/C29H36ClF3N6O5S/c1-4-25-23(19-37(5-2)45(3,43)44)27(20-9-11-21(12-10-20)29(31,32)33)34-38(25)18-22(40)17-35-13-15-36(16-14-35)28-24(30)7-6-8-26(28)39(41)42/h6-12,22,40H,4-5,13-19H2,1-3H3. The minimum atomic E-state index is -4.51. The van der Waals surface area contributed by atoms with Crippen molar-refractivity contribution in [3.8, 4) is 11.3 Å². The number of sulfonamides is 1. The first kappa shape index (κ1) is 34.6. The Balaban J connectivity index is 1.55. The molecule has 4 rings (SSSR count). The highest BCUT2D eigenvalue weighted by Crippen LogP contribution is 2.36. The molecule has 1 aliphatic rings. The van der Waals surface area contributed by atoms with Crippen LogP contribution in [0.1, 0.15) is 30.7 Å². The van der Waals surface area contributed by atoms with Gasteiger partial charge in [-0.25, -0.2) is 8.42 Å². The van der Waals surface area contributed by atoms with Crippen molar-refractivity contribution in [2.75, 3.05) is 50.4 Å². The molecule has 1 aromatic heterocycles. The number of nitrogens with zero attached hydrogens (tertiary/aromatic N) is 6. The van der Waals surface area contributed by atoms with Gasteiger partial charge in [0.05, 0.1) is 40.1 Å². The van der Waals surface area contributed by atoms with Gasteiger partial charge in [-0.2, -0.15) is 22.6 Å². The number of aromatic nitrogens is 2. The lowest BCUT2D eigenvalue weighted by atomic mass is 10.0. The summed E-state index contributed by atoms with van der Waals surface area (Å²) in [6.07, 6.45) is -3.87. The van der Waals surface area contributed by atoms with Gasteiger partial charge in [-0.1, -0.05) is 43.6 Å². The summed E-state index contributed by atoms with van der Waals surface area (Å²) in [5.41, 5.74) is 1.47. The van der Waals surface area contributed by atoms with Gasteiger partial charge in [0.1, 0.15) is 5.69 Å². The van der Waals surface area contributed by atoms with Crippen molar-refractivity contribution in [1.82, 2.24) is 19.0 Å². The van der Waals surface area contributed by atoms with Gasteiger partial charge in [0, 0.05) is 68.7 Å². The molecule has 1 N–H and O–H groups in total. The van der Waals surface area contributed by atoms with Crippen molar-refractivity contribution in [2.45, 2.75) is 45.6 Å². The van der Waals surface area contributed by atoms with E-state index in [-0.39, 0.29) is 31.9 Å². The minimum Gasteiger partial charge on any atom is -0.390 e. The zero-order valence-electron chi connectivity index (χ0n) is 25.2. The summed E-state index contributed by atoms with van der Waals surface area (Å²) in [5.74, 6) is 0. The lowest BCUT2D eigenvalue weighted by Gasteiger charge is -2.36. The molecular formula is C29H36ClF3N6O5S. The Morgan fingerprint density at radius 3 is 2.27 bits per heavy atom. The fraction of sp³-hybridized carbons (Fsp3) is 0.483. The van der Waals surface area contributed by atoms with Gasteiger partial charge in [-0.15, -0.1) is 0 Å². The Labute approximate surface area is 265 Å². The van der Waals surface area contributed by atoms with Crippen LogP contribution in [0.3, 0.4) is 0 Å². The van der Waals surface area contributed by atoms with Gasteiger partial charge in [0.25, 0.3) is 5.69 Å². The molecule has 0 bridgehead atoms. The molecule has 2 heterocycles. The molecule has 16 heteroatoms. The van der Waals surface area contributed by atoms with E-state index in [4.69, 9.17) is 11.6 Å². The zero-order chi connectivity index (χ0) is 33.1. The predicted octanol–water partition coefficient (Wildman–Crippen LogP) is 4.66. The molecule has 2 aromatic carbocycles. The van der Waals surface area contributed by atoms with Gasteiger partial charge in [0.2, 0.25) is 10.0 Å². The lowest BCUT2D eigenvalue weighted by Crippen LogP contribution is -2.49. The summed E-state index contributed by atoms with van der Waals surface area (Å²) in [5, 5.41) is 27.6. The molecule has 45 heavy (non-hydrogen) atoms. The van der Waals surface area contributed by atoms with Crippen molar-refractivity contribution < 1.29 is 31.6 Å². The minimum absolute atomic E-state index is 0.0267. The summed E-state index contributed by atoms with van der Waals surface area (Å²) in [4.78, 5) is 15.0. The van der Waals surface area contributed by atoms with Gasteiger partial charge >= 0.3 is 6.18 Å². The van der Waals surface area contributed by atoms with E-state index in [1.807, 2.05) is 16.7 Å². The molecule has 0 saturated carbocycles. The number of anilines is 1. The molecule has 11 nitrogen and oxygen atoms in total. The Morgan fingerprint density at radius 1 is 1.09 bits per heavy atom. The van der Waals surface area contributed by atoms with Crippen LogP contribution in [-0.4, -0.2) is 89.1 Å². The number of hydrogen-bond donors (Lipinski definition) is 1. The van der Waals surface area contributed by atoms with Crippen molar-refractivity contribution in [3.63, 3.8) is 0 Å². The molecule has 246 valence electrons. The Hall–Kier alpha value is -3.24. The lowest BCUT2D eigenvalue weighted by molar-refractivity contribution is -0.384. The Kier molecular flexibility index (Phi) is 10.8. The van der Waals surface area contributed by atoms with E-state index in [9.17, 15) is 36.8 Å². The number of aliphatic hydroxyl groups excluding tert-OH is 1. The van der Waals surface area contributed by atoms with Crippen LogP contribution in [0.5, 0.6) is 0 Å². The maximum atomic E-state index is 13.2. The average Bonchev–Trinajstić information content (AvgIpc) is 3.31. The molecule has 0 amide bonds. The molecule has 1 atom stereocenters. The number of hydrogen-bond acceptors (Lipinski definition) is 8. The number of β-amino-alcohol motifs (C(OH)–C–C–N with tert-alkyl or cyclic N) is 1. The summed E-state index contributed by atoms with van der Waals surface area (Å²) >= 11 is 6.30. The number of rotatable bonds is 12. The fourth-order valence-corrected chi connectivity index (χ4v) is 6.73. The maximum absolute atomic E-state index is 13.2. The number of piperazine rings is 1. The molecule has 3 aromatic rings. The Bertz CT molecular complexity index is 1610. The van der Waals surface area contributed by atoms with Crippen molar-refractivity contribution in [2.24, 2.45) is 0 Å². The van der Waals surface area contributed by atoms with Crippen molar-refractivity contribution in [1.29, 1.82) is 0 Å². The maximum Gasteiger partial charge on any atom is 0.416 e. The van der Waals surface area contributed by atoms with Crippen LogP contribution in [0, 0.1) is 10.1 Å². The molecule has 0 radical (unpaired) electrons. The smallest absolute Gasteiger partial charge is 0.390 e. The van der Waals surface area contributed by atoms with Crippen LogP contribution in [0.25, 0.3) is 11.3 Å². The highest BCUT2D eigenvalue weighted by molar-refractivity contribution is 7.88. The van der Waals surface area contributed by atoms with Gasteiger partial charge in [-0.3, -0.25) is 19.7 Å². The largest absolute Gasteiger partial charge is 0.416 e. The SMILES string of the molecule is CCc1c(CN(CC)S(C)(=O)=O)c(-c2ccc(C(F)(F)F)cc2)nn1CC(O)CN1CCN(c2c(Cl)cccc2[N+](=O)[O-])CC1. The molecule has 0 spiro atoms. The number of benzene rings is 2. The predicted molar refractivity (Wildman–Crippen MR) is 166 cm³/mol. The van der Waals surface area contributed by atoms with E-state index in [1.165, 1.54) is 28.6 Å². The van der Waals surface area contributed by atoms with E-state index in [2.05, 4.69) is 5.10 Å². The third-order valence-electron chi connectivity index (χ3n) is 7.85. The summed E-state index contributed by atoms with van der Waals surface area (Å²) in [7, 11) is -3.59. The number of aliphatic hydroxyl groups is 1. The summed E-state index contributed by atoms with van der Waals surface area (Å²) < 4.78 is 67.4. The van der Waals surface area contributed by atoms with E-state index < -0.39 is 32.8 Å². The normalized spacial score (nSPS) is 15.5.